The van der Waals surface area contributed by atoms with Gasteiger partial charge in [-0.1, -0.05) is 30.3 Å². The fourth-order valence-electron chi connectivity index (χ4n) is 2.09. The van der Waals surface area contributed by atoms with Crippen LogP contribution in [0.2, 0.25) is 0 Å². The summed E-state index contributed by atoms with van der Waals surface area (Å²) in [5, 5.41) is 2.81. The minimum atomic E-state index is -1.07. The summed E-state index contributed by atoms with van der Waals surface area (Å²) in [6.07, 6.45) is 0.633. The lowest BCUT2D eigenvalue weighted by Gasteiger charge is -2.24. The fourth-order valence-corrected chi connectivity index (χ4v) is 2.09. The molecule has 24 heavy (non-hydrogen) atoms. The Morgan fingerprint density at radius 2 is 1.79 bits per heavy atom. The summed E-state index contributed by atoms with van der Waals surface area (Å²) < 4.78 is 18.2. The number of benzene rings is 2. The van der Waals surface area contributed by atoms with Gasteiger partial charge in [0, 0.05) is 6.54 Å². The number of halogens is 2. The summed E-state index contributed by atoms with van der Waals surface area (Å²) in [5.41, 5.74) is 5.82. The van der Waals surface area contributed by atoms with Crippen LogP contribution in [0.5, 0.6) is 5.75 Å². The van der Waals surface area contributed by atoms with E-state index >= 15 is 0 Å². The average Bonchev–Trinajstić information content (AvgIpc) is 2.57. The van der Waals surface area contributed by atoms with Gasteiger partial charge in [-0.05, 0) is 43.2 Å². The smallest absolute Gasteiger partial charge is 0.244 e. The lowest BCUT2D eigenvalue weighted by atomic mass is 9.92. The molecule has 0 spiro atoms. The Hall–Kier alpha value is -2.11. The third-order valence-corrected chi connectivity index (χ3v) is 3.53. The maximum absolute atomic E-state index is 12.8. The standard InChI is InChI=1S/C18H21FN2O2.ClH/c1-18(20,14-6-3-2-4-7-14)17(22)21-12-5-13-23-16-10-8-15(19)9-11-16;/h2-4,6-11H,5,12-13,20H2,1H3,(H,21,22);1H. The van der Waals surface area contributed by atoms with Crippen molar-refractivity contribution < 1.29 is 13.9 Å². The molecule has 0 bridgehead atoms. The van der Waals surface area contributed by atoms with E-state index < -0.39 is 5.54 Å². The second-order valence-electron chi connectivity index (χ2n) is 5.48. The highest BCUT2D eigenvalue weighted by Gasteiger charge is 2.29. The lowest BCUT2D eigenvalue weighted by Crippen LogP contribution is -2.49. The van der Waals surface area contributed by atoms with Gasteiger partial charge in [0.15, 0.2) is 0 Å². The molecule has 130 valence electrons. The molecule has 0 aromatic heterocycles. The molecule has 3 N–H and O–H groups in total. The molecular weight excluding hydrogens is 331 g/mol. The topological polar surface area (TPSA) is 64.4 Å². The molecule has 0 aliphatic heterocycles. The van der Waals surface area contributed by atoms with Crippen LogP contribution in [0.15, 0.2) is 54.6 Å². The van der Waals surface area contributed by atoms with Crippen molar-refractivity contribution in [1.29, 1.82) is 0 Å². The van der Waals surface area contributed by atoms with Gasteiger partial charge in [-0.3, -0.25) is 4.79 Å². The summed E-state index contributed by atoms with van der Waals surface area (Å²) >= 11 is 0. The zero-order valence-electron chi connectivity index (χ0n) is 13.5. The van der Waals surface area contributed by atoms with Crippen LogP contribution in [-0.2, 0) is 10.3 Å². The third kappa shape index (κ3) is 5.51. The molecule has 2 aromatic carbocycles. The van der Waals surface area contributed by atoms with Crippen molar-refractivity contribution in [3.63, 3.8) is 0 Å². The van der Waals surface area contributed by atoms with Crippen molar-refractivity contribution >= 4 is 18.3 Å². The number of carbonyl (C=O) groups is 1. The minimum Gasteiger partial charge on any atom is -0.494 e. The largest absolute Gasteiger partial charge is 0.494 e. The first kappa shape index (κ1) is 19.9. The van der Waals surface area contributed by atoms with Crippen molar-refractivity contribution in [2.24, 2.45) is 5.73 Å². The van der Waals surface area contributed by atoms with E-state index in [4.69, 9.17) is 10.5 Å². The number of ether oxygens (including phenoxy) is 1. The molecule has 2 rings (SSSR count). The van der Waals surface area contributed by atoms with Gasteiger partial charge in [0.05, 0.1) is 6.61 Å². The number of hydrogen-bond donors (Lipinski definition) is 2. The van der Waals surface area contributed by atoms with Crippen molar-refractivity contribution in [3.8, 4) is 5.75 Å². The minimum absolute atomic E-state index is 0. The number of hydrogen-bond acceptors (Lipinski definition) is 3. The van der Waals surface area contributed by atoms with Crippen molar-refractivity contribution in [2.75, 3.05) is 13.2 Å². The van der Waals surface area contributed by atoms with Gasteiger partial charge in [-0.15, -0.1) is 12.4 Å². The molecular formula is C18H22ClFN2O2. The highest BCUT2D eigenvalue weighted by Crippen LogP contribution is 2.17. The summed E-state index contributed by atoms with van der Waals surface area (Å²) in [6, 6.07) is 15.1. The number of nitrogens with two attached hydrogens (primary N) is 1. The molecule has 4 nitrogen and oxygen atoms in total. The molecule has 0 aliphatic rings. The first-order valence-corrected chi connectivity index (χ1v) is 7.51. The van der Waals surface area contributed by atoms with E-state index in [0.717, 1.165) is 5.56 Å². The van der Waals surface area contributed by atoms with Crippen LogP contribution in [-0.4, -0.2) is 19.1 Å². The molecule has 0 heterocycles. The number of nitrogens with one attached hydrogen (secondary N) is 1. The molecule has 1 amide bonds. The number of carbonyl (C=O) groups excluding carboxylic acids is 1. The summed E-state index contributed by atoms with van der Waals surface area (Å²) in [6.45, 7) is 2.57. The van der Waals surface area contributed by atoms with E-state index in [0.29, 0.717) is 25.3 Å². The van der Waals surface area contributed by atoms with E-state index in [1.54, 1.807) is 19.1 Å². The maximum Gasteiger partial charge on any atom is 0.244 e. The summed E-state index contributed by atoms with van der Waals surface area (Å²) in [4.78, 5) is 12.2. The Bertz CT molecular complexity index is 633. The molecule has 0 aliphatic carbocycles. The predicted molar refractivity (Wildman–Crippen MR) is 94.8 cm³/mol. The van der Waals surface area contributed by atoms with E-state index in [1.807, 2.05) is 30.3 Å². The van der Waals surface area contributed by atoms with E-state index in [2.05, 4.69) is 5.32 Å². The van der Waals surface area contributed by atoms with Crippen LogP contribution in [0, 0.1) is 5.82 Å². The molecule has 1 atom stereocenters. The monoisotopic (exact) mass is 352 g/mol. The van der Waals surface area contributed by atoms with E-state index in [1.165, 1.54) is 12.1 Å². The van der Waals surface area contributed by atoms with E-state index in [-0.39, 0.29) is 24.1 Å². The van der Waals surface area contributed by atoms with Gasteiger partial charge >= 0.3 is 0 Å². The Labute approximate surface area is 147 Å². The molecule has 2 aromatic rings. The van der Waals surface area contributed by atoms with Gasteiger partial charge in [-0.25, -0.2) is 4.39 Å². The van der Waals surface area contributed by atoms with Gasteiger partial charge < -0.3 is 15.8 Å². The molecule has 0 radical (unpaired) electrons. The maximum atomic E-state index is 12.8. The zero-order chi connectivity index (χ0) is 16.7. The Kier molecular flexibility index (Phi) is 7.68. The highest BCUT2D eigenvalue weighted by molar-refractivity contribution is 5.86. The average molecular weight is 353 g/mol. The lowest BCUT2D eigenvalue weighted by molar-refractivity contribution is -0.126. The Morgan fingerprint density at radius 1 is 1.17 bits per heavy atom. The zero-order valence-corrected chi connectivity index (χ0v) is 14.3. The molecule has 6 heteroatoms. The molecule has 0 saturated carbocycles. The van der Waals surface area contributed by atoms with Gasteiger partial charge in [0.25, 0.3) is 0 Å². The molecule has 1 unspecified atom stereocenters. The first-order chi connectivity index (χ1) is 11.0. The number of rotatable bonds is 7. The van der Waals surface area contributed by atoms with Crippen molar-refractivity contribution in [3.05, 3.63) is 66.0 Å². The van der Waals surface area contributed by atoms with Gasteiger partial charge in [0.2, 0.25) is 5.91 Å². The van der Waals surface area contributed by atoms with Crippen LogP contribution >= 0.6 is 12.4 Å². The molecule has 0 fully saturated rings. The summed E-state index contributed by atoms with van der Waals surface area (Å²) in [5.74, 6) is 0.0731. The Balaban J connectivity index is 0.00000288. The second-order valence-corrected chi connectivity index (χ2v) is 5.48. The third-order valence-electron chi connectivity index (χ3n) is 3.53. The van der Waals surface area contributed by atoms with Crippen molar-refractivity contribution in [2.45, 2.75) is 18.9 Å². The second kappa shape index (κ2) is 9.25. The van der Waals surface area contributed by atoms with Gasteiger partial charge in [0.1, 0.15) is 17.1 Å². The van der Waals surface area contributed by atoms with Crippen LogP contribution in [0.25, 0.3) is 0 Å². The van der Waals surface area contributed by atoms with Crippen LogP contribution in [0.4, 0.5) is 4.39 Å². The predicted octanol–water partition coefficient (Wildman–Crippen LogP) is 3.01. The summed E-state index contributed by atoms with van der Waals surface area (Å²) in [7, 11) is 0. The van der Waals surface area contributed by atoms with Crippen LogP contribution < -0.4 is 15.8 Å². The highest BCUT2D eigenvalue weighted by atomic mass is 35.5. The quantitative estimate of drug-likeness (QED) is 0.753. The normalized spacial score (nSPS) is 12.6. The Morgan fingerprint density at radius 3 is 2.42 bits per heavy atom. The van der Waals surface area contributed by atoms with Gasteiger partial charge in [-0.2, -0.15) is 0 Å². The van der Waals surface area contributed by atoms with Crippen molar-refractivity contribution in [1.82, 2.24) is 5.32 Å². The first-order valence-electron chi connectivity index (χ1n) is 7.51. The molecule has 0 saturated heterocycles. The number of amides is 1. The SMILES string of the molecule is CC(N)(C(=O)NCCCOc1ccc(F)cc1)c1ccccc1.Cl. The van der Waals surface area contributed by atoms with E-state index in [9.17, 15) is 9.18 Å². The van der Waals surface area contributed by atoms with Crippen LogP contribution in [0.3, 0.4) is 0 Å². The van der Waals surface area contributed by atoms with Crippen LogP contribution in [0.1, 0.15) is 18.9 Å². The fraction of sp³-hybridized carbons (Fsp3) is 0.278.